The lowest BCUT2D eigenvalue weighted by Crippen LogP contribution is -2.48. The summed E-state index contributed by atoms with van der Waals surface area (Å²) in [7, 11) is 0. The molecule has 0 spiro atoms. The van der Waals surface area contributed by atoms with Gasteiger partial charge < -0.3 is 4.74 Å². The number of ether oxygens (including phenoxy) is 1. The van der Waals surface area contributed by atoms with E-state index in [1.54, 1.807) is 0 Å². The molecule has 4 rings (SSSR count). The van der Waals surface area contributed by atoms with Gasteiger partial charge in [0.25, 0.3) is 0 Å². The Hall–Kier alpha value is -0.0400. The Morgan fingerprint density at radius 2 is 2.20 bits per heavy atom. The van der Waals surface area contributed by atoms with Gasteiger partial charge in [-0.3, -0.25) is 0 Å². The molecule has 10 heavy (non-hydrogen) atoms. The summed E-state index contributed by atoms with van der Waals surface area (Å²) >= 11 is 0. The van der Waals surface area contributed by atoms with Crippen molar-refractivity contribution in [3.63, 3.8) is 0 Å². The van der Waals surface area contributed by atoms with Gasteiger partial charge in [-0.25, -0.2) is 0 Å². The molecule has 3 saturated carbocycles. The Morgan fingerprint density at radius 3 is 2.70 bits per heavy atom. The van der Waals surface area contributed by atoms with Gasteiger partial charge in [0.1, 0.15) is 0 Å². The zero-order valence-corrected chi connectivity index (χ0v) is 6.63. The van der Waals surface area contributed by atoms with Crippen molar-refractivity contribution >= 4 is 0 Å². The second kappa shape index (κ2) is 1.29. The van der Waals surface area contributed by atoms with Gasteiger partial charge in [-0.2, -0.15) is 0 Å². The third kappa shape index (κ3) is 0.402. The zero-order valence-electron chi connectivity index (χ0n) is 6.63. The van der Waals surface area contributed by atoms with Crippen molar-refractivity contribution in [1.29, 1.82) is 0 Å². The lowest BCUT2D eigenvalue weighted by Gasteiger charge is -2.48. The number of hydrogen-bond donors (Lipinski definition) is 0. The van der Waals surface area contributed by atoms with Crippen molar-refractivity contribution in [3.05, 3.63) is 0 Å². The predicted molar refractivity (Wildman–Crippen MR) is 38.7 cm³/mol. The van der Waals surface area contributed by atoms with Crippen molar-refractivity contribution in [2.24, 2.45) is 17.8 Å². The first-order valence-corrected chi connectivity index (χ1v) is 4.39. The highest BCUT2D eigenvalue weighted by Crippen LogP contribution is 2.64. The van der Waals surface area contributed by atoms with Gasteiger partial charge >= 0.3 is 0 Å². The van der Waals surface area contributed by atoms with Crippen LogP contribution in [0.2, 0.25) is 0 Å². The van der Waals surface area contributed by atoms with E-state index in [2.05, 4.69) is 13.8 Å². The minimum atomic E-state index is 0.341. The highest BCUT2D eigenvalue weighted by atomic mass is 16.6. The van der Waals surface area contributed by atoms with E-state index in [0.717, 1.165) is 17.8 Å². The molecule has 1 heterocycles. The van der Waals surface area contributed by atoms with Crippen LogP contribution >= 0.6 is 0 Å². The Labute approximate surface area is 61.8 Å². The quantitative estimate of drug-likeness (QED) is 0.465. The molecule has 2 bridgehead atoms. The normalized spacial score (nSPS) is 70.2. The highest BCUT2D eigenvalue weighted by Gasteiger charge is 2.68. The van der Waals surface area contributed by atoms with E-state index in [0.29, 0.717) is 11.7 Å². The van der Waals surface area contributed by atoms with Crippen LogP contribution in [0.25, 0.3) is 0 Å². The number of hydrogen-bond acceptors (Lipinski definition) is 1. The van der Waals surface area contributed by atoms with E-state index in [1.807, 2.05) is 0 Å². The molecule has 0 aromatic carbocycles. The smallest absolute Gasteiger partial charge is 0.0951 e. The summed E-state index contributed by atoms with van der Waals surface area (Å²) in [5.41, 5.74) is 0.341. The first-order chi connectivity index (χ1) is 4.72. The summed E-state index contributed by atoms with van der Waals surface area (Å²) in [5.74, 6) is 2.89. The van der Waals surface area contributed by atoms with E-state index in [9.17, 15) is 0 Å². The van der Waals surface area contributed by atoms with E-state index in [4.69, 9.17) is 4.74 Å². The zero-order chi connectivity index (χ0) is 6.93. The molecule has 0 aromatic rings. The average Bonchev–Trinajstić information content (AvgIpc) is 2.57. The Bertz CT molecular complexity index is 189. The monoisotopic (exact) mass is 138 g/mol. The molecule has 1 aliphatic heterocycles. The van der Waals surface area contributed by atoms with E-state index in [1.165, 1.54) is 12.8 Å². The Morgan fingerprint density at radius 1 is 1.40 bits per heavy atom. The Balaban J connectivity index is 1.94. The fraction of sp³-hybridized carbons (Fsp3) is 1.00. The molecule has 0 N–H and O–H groups in total. The predicted octanol–water partition coefficient (Wildman–Crippen LogP) is 1.82. The maximum absolute atomic E-state index is 5.69. The minimum Gasteiger partial charge on any atom is -0.366 e. The fourth-order valence-electron chi connectivity index (χ4n) is 3.11. The van der Waals surface area contributed by atoms with E-state index >= 15 is 0 Å². The highest BCUT2D eigenvalue weighted by molar-refractivity contribution is 5.16. The van der Waals surface area contributed by atoms with E-state index < -0.39 is 0 Å². The molecule has 0 aromatic heterocycles. The van der Waals surface area contributed by atoms with Crippen LogP contribution in [0.4, 0.5) is 0 Å². The van der Waals surface area contributed by atoms with Crippen LogP contribution in [0.1, 0.15) is 26.7 Å². The SMILES string of the molecule is C[C@H]1[C@@H]2C[C@H]3O[C@@]3(C)[C@H]1C2. The molecule has 4 aliphatic rings. The molecule has 0 amide bonds. The van der Waals surface area contributed by atoms with Crippen LogP contribution in [0, 0.1) is 17.8 Å². The molecular formula is C9H14O. The summed E-state index contributed by atoms with van der Waals surface area (Å²) in [4.78, 5) is 0. The molecule has 0 unspecified atom stereocenters. The largest absolute Gasteiger partial charge is 0.366 e. The summed E-state index contributed by atoms with van der Waals surface area (Å²) < 4.78 is 5.69. The Kier molecular flexibility index (Phi) is 0.722. The molecule has 4 fully saturated rings. The van der Waals surface area contributed by atoms with Crippen LogP contribution in [0.5, 0.6) is 0 Å². The van der Waals surface area contributed by atoms with Crippen LogP contribution < -0.4 is 0 Å². The molecular weight excluding hydrogens is 124 g/mol. The standard InChI is InChI=1S/C9H14O/c1-5-6-3-7(5)9(2)8(4-6)10-9/h5-8H,3-4H2,1-2H3/t5-,6-,7-,8+,9-/m0/s1. The van der Waals surface area contributed by atoms with Crippen LogP contribution in [-0.2, 0) is 4.74 Å². The lowest BCUT2D eigenvalue weighted by atomic mass is 9.54. The van der Waals surface area contributed by atoms with Gasteiger partial charge in [0.05, 0.1) is 11.7 Å². The molecule has 5 atom stereocenters. The van der Waals surface area contributed by atoms with Crippen molar-refractivity contribution in [2.75, 3.05) is 0 Å². The summed E-state index contributed by atoms with van der Waals surface area (Å²) in [5, 5.41) is 0. The third-order valence-corrected chi connectivity index (χ3v) is 4.17. The third-order valence-electron chi connectivity index (χ3n) is 4.17. The minimum absolute atomic E-state index is 0.341. The second-order valence-electron chi connectivity index (χ2n) is 4.49. The summed E-state index contributed by atoms with van der Waals surface area (Å²) in [6.07, 6.45) is 3.47. The van der Waals surface area contributed by atoms with Gasteiger partial charge in [-0.15, -0.1) is 0 Å². The van der Waals surface area contributed by atoms with Crippen molar-refractivity contribution < 1.29 is 4.74 Å². The van der Waals surface area contributed by atoms with E-state index in [-0.39, 0.29) is 0 Å². The van der Waals surface area contributed by atoms with Gasteiger partial charge in [0.15, 0.2) is 0 Å². The van der Waals surface area contributed by atoms with Gasteiger partial charge in [-0.1, -0.05) is 6.92 Å². The average molecular weight is 138 g/mol. The number of epoxide rings is 1. The van der Waals surface area contributed by atoms with Gasteiger partial charge in [0, 0.05) is 0 Å². The van der Waals surface area contributed by atoms with Gasteiger partial charge in [-0.05, 0) is 37.5 Å². The van der Waals surface area contributed by atoms with Gasteiger partial charge in [0.2, 0.25) is 0 Å². The van der Waals surface area contributed by atoms with Crippen LogP contribution in [0.15, 0.2) is 0 Å². The van der Waals surface area contributed by atoms with Crippen LogP contribution in [0.3, 0.4) is 0 Å². The van der Waals surface area contributed by atoms with Crippen LogP contribution in [-0.4, -0.2) is 11.7 Å². The summed E-state index contributed by atoms with van der Waals surface area (Å²) in [6, 6.07) is 0. The van der Waals surface area contributed by atoms with Crippen molar-refractivity contribution in [3.8, 4) is 0 Å². The van der Waals surface area contributed by atoms with Crippen molar-refractivity contribution in [1.82, 2.24) is 0 Å². The molecule has 56 valence electrons. The fourth-order valence-corrected chi connectivity index (χ4v) is 3.11. The maximum Gasteiger partial charge on any atom is 0.0951 e. The first kappa shape index (κ1) is 5.59. The topological polar surface area (TPSA) is 12.5 Å². The van der Waals surface area contributed by atoms with Crippen molar-refractivity contribution in [2.45, 2.75) is 38.4 Å². The lowest BCUT2D eigenvalue weighted by molar-refractivity contribution is 0.00827. The maximum atomic E-state index is 5.69. The number of rotatable bonds is 0. The molecule has 1 nitrogen and oxygen atoms in total. The first-order valence-electron chi connectivity index (χ1n) is 4.39. The summed E-state index contributed by atoms with van der Waals surface area (Å²) in [6.45, 7) is 4.69. The second-order valence-corrected chi connectivity index (χ2v) is 4.49. The molecule has 3 aliphatic carbocycles. The molecule has 0 radical (unpaired) electrons. The molecule has 1 saturated heterocycles. The molecule has 1 heteroatoms.